The fourth-order valence-corrected chi connectivity index (χ4v) is 3.60. The number of aliphatic hydroxyl groups is 1. The summed E-state index contributed by atoms with van der Waals surface area (Å²) in [5, 5.41) is 9.64. The van der Waals surface area contributed by atoms with Gasteiger partial charge in [-0.15, -0.1) is 0 Å². The summed E-state index contributed by atoms with van der Waals surface area (Å²) in [6.45, 7) is 3.27. The molecule has 0 unspecified atom stereocenters. The normalized spacial score (nSPS) is 29.7. The van der Waals surface area contributed by atoms with Gasteiger partial charge >= 0.3 is 5.69 Å². The summed E-state index contributed by atoms with van der Waals surface area (Å²) in [5.41, 5.74) is 0.00532. The number of aromatic nitrogens is 2. The van der Waals surface area contributed by atoms with Crippen molar-refractivity contribution < 1.29 is 19.3 Å². The molecule has 0 aliphatic carbocycles. The summed E-state index contributed by atoms with van der Waals surface area (Å²) in [6.07, 6.45) is -2.57. The van der Waals surface area contributed by atoms with Gasteiger partial charge in [-0.05, 0) is 19.4 Å². The lowest BCUT2D eigenvalue weighted by atomic mass is 10.1. The minimum absolute atomic E-state index is 0.268. The molecule has 138 valence electrons. The molecule has 0 amide bonds. The van der Waals surface area contributed by atoms with Crippen LogP contribution < -0.4 is 11.2 Å². The number of aromatic amines is 1. The van der Waals surface area contributed by atoms with Crippen molar-refractivity contribution in [3.8, 4) is 11.3 Å². The SMILES string of the molecule is CC1(C)O[C@@H]2[C@H](O1)[C@@H](CO)O[C@H]2n1c(-c2ccccc2)cc(=O)[nH]c1=O. The molecule has 4 atom stereocenters. The van der Waals surface area contributed by atoms with Gasteiger partial charge in [-0.3, -0.25) is 14.3 Å². The third kappa shape index (κ3) is 2.80. The van der Waals surface area contributed by atoms with Crippen LogP contribution in [0.4, 0.5) is 0 Å². The number of nitrogens with one attached hydrogen (secondary N) is 1. The first-order chi connectivity index (χ1) is 12.4. The van der Waals surface area contributed by atoms with E-state index >= 15 is 0 Å². The molecule has 8 heteroatoms. The molecule has 2 N–H and O–H groups in total. The topological polar surface area (TPSA) is 103 Å². The second-order valence-corrected chi connectivity index (χ2v) is 6.87. The van der Waals surface area contributed by atoms with Gasteiger partial charge in [0.25, 0.3) is 5.56 Å². The van der Waals surface area contributed by atoms with E-state index in [9.17, 15) is 14.7 Å². The summed E-state index contributed by atoms with van der Waals surface area (Å²) >= 11 is 0. The molecule has 1 aromatic carbocycles. The van der Waals surface area contributed by atoms with Gasteiger partial charge in [-0.2, -0.15) is 0 Å². The van der Waals surface area contributed by atoms with E-state index in [4.69, 9.17) is 14.2 Å². The predicted octanol–water partition coefficient (Wildman–Crippen LogP) is 0.613. The Balaban J connectivity index is 1.86. The molecule has 2 saturated heterocycles. The fourth-order valence-electron chi connectivity index (χ4n) is 3.60. The maximum Gasteiger partial charge on any atom is 0.331 e. The third-order valence-corrected chi connectivity index (χ3v) is 4.61. The van der Waals surface area contributed by atoms with Crippen LogP contribution in [0, 0.1) is 0 Å². The maximum atomic E-state index is 12.6. The molecule has 3 heterocycles. The van der Waals surface area contributed by atoms with Crippen molar-refractivity contribution in [3.05, 3.63) is 57.2 Å². The number of hydrogen-bond acceptors (Lipinski definition) is 6. The molecule has 0 saturated carbocycles. The van der Waals surface area contributed by atoms with E-state index < -0.39 is 41.6 Å². The van der Waals surface area contributed by atoms with E-state index in [2.05, 4.69) is 4.98 Å². The van der Waals surface area contributed by atoms with Crippen LogP contribution in [0.3, 0.4) is 0 Å². The molecular formula is C18H20N2O6. The van der Waals surface area contributed by atoms with Gasteiger partial charge in [0.05, 0.1) is 12.3 Å². The Bertz CT molecular complexity index is 919. The molecule has 26 heavy (non-hydrogen) atoms. The van der Waals surface area contributed by atoms with Gasteiger partial charge in [0, 0.05) is 6.07 Å². The Morgan fingerprint density at radius 3 is 2.54 bits per heavy atom. The largest absolute Gasteiger partial charge is 0.394 e. The summed E-state index contributed by atoms with van der Waals surface area (Å²) in [7, 11) is 0. The molecule has 2 aliphatic rings. The average molecular weight is 360 g/mol. The smallest absolute Gasteiger partial charge is 0.331 e. The van der Waals surface area contributed by atoms with Crippen molar-refractivity contribution in [1.29, 1.82) is 0 Å². The lowest BCUT2D eigenvalue weighted by Crippen LogP contribution is -2.38. The zero-order chi connectivity index (χ0) is 18.5. The summed E-state index contributed by atoms with van der Waals surface area (Å²) in [5.74, 6) is -0.858. The number of ether oxygens (including phenoxy) is 3. The van der Waals surface area contributed by atoms with Crippen molar-refractivity contribution >= 4 is 0 Å². The highest BCUT2D eigenvalue weighted by atomic mass is 16.8. The van der Waals surface area contributed by atoms with Gasteiger partial charge < -0.3 is 19.3 Å². The first kappa shape index (κ1) is 17.2. The van der Waals surface area contributed by atoms with Gasteiger partial charge in [-0.1, -0.05) is 30.3 Å². The molecule has 2 aromatic rings. The van der Waals surface area contributed by atoms with Crippen LogP contribution in [0.2, 0.25) is 0 Å². The number of fused-ring (bicyclic) bond motifs is 1. The zero-order valence-electron chi connectivity index (χ0n) is 14.4. The van der Waals surface area contributed by atoms with Crippen LogP contribution in [0.25, 0.3) is 11.3 Å². The van der Waals surface area contributed by atoms with Crippen LogP contribution in [0.5, 0.6) is 0 Å². The number of benzene rings is 1. The van der Waals surface area contributed by atoms with Crippen molar-refractivity contribution in [2.75, 3.05) is 6.61 Å². The van der Waals surface area contributed by atoms with E-state index in [0.29, 0.717) is 11.3 Å². The number of H-pyrrole nitrogens is 1. The maximum absolute atomic E-state index is 12.6. The fraction of sp³-hybridized carbons (Fsp3) is 0.444. The Labute approximate surface area is 149 Å². The van der Waals surface area contributed by atoms with E-state index in [1.807, 2.05) is 18.2 Å². The minimum atomic E-state index is -0.858. The molecule has 2 fully saturated rings. The van der Waals surface area contributed by atoms with Crippen LogP contribution in [-0.4, -0.2) is 45.4 Å². The van der Waals surface area contributed by atoms with Gasteiger partial charge in [0.15, 0.2) is 12.0 Å². The van der Waals surface area contributed by atoms with Crippen molar-refractivity contribution in [2.45, 2.75) is 44.2 Å². The van der Waals surface area contributed by atoms with Crippen LogP contribution in [0.1, 0.15) is 20.1 Å². The van der Waals surface area contributed by atoms with E-state index in [1.165, 1.54) is 10.6 Å². The Morgan fingerprint density at radius 1 is 1.15 bits per heavy atom. The molecular weight excluding hydrogens is 340 g/mol. The van der Waals surface area contributed by atoms with Gasteiger partial charge in [-0.25, -0.2) is 4.79 Å². The summed E-state index contributed by atoms with van der Waals surface area (Å²) in [4.78, 5) is 26.8. The second kappa shape index (κ2) is 6.17. The second-order valence-electron chi connectivity index (χ2n) is 6.87. The Morgan fingerprint density at radius 2 is 1.85 bits per heavy atom. The highest BCUT2D eigenvalue weighted by molar-refractivity contribution is 5.59. The molecule has 0 radical (unpaired) electrons. The predicted molar refractivity (Wildman–Crippen MR) is 91.6 cm³/mol. The number of nitrogens with zero attached hydrogens (tertiary/aromatic N) is 1. The first-order valence-electron chi connectivity index (χ1n) is 8.43. The van der Waals surface area contributed by atoms with Crippen molar-refractivity contribution in [1.82, 2.24) is 9.55 Å². The lowest BCUT2D eigenvalue weighted by molar-refractivity contribution is -0.200. The molecule has 1 aromatic heterocycles. The molecule has 0 bridgehead atoms. The Kier molecular flexibility index (Phi) is 4.07. The zero-order valence-corrected chi connectivity index (χ0v) is 14.4. The Hall–Kier alpha value is -2.26. The average Bonchev–Trinajstić information content (AvgIpc) is 3.08. The van der Waals surface area contributed by atoms with Crippen LogP contribution in [0.15, 0.2) is 46.0 Å². The monoisotopic (exact) mass is 360 g/mol. The number of aliphatic hydroxyl groups excluding tert-OH is 1. The van der Waals surface area contributed by atoms with Gasteiger partial charge in [0.1, 0.15) is 18.3 Å². The van der Waals surface area contributed by atoms with E-state index in [0.717, 1.165) is 0 Å². The molecule has 2 aliphatic heterocycles. The third-order valence-electron chi connectivity index (χ3n) is 4.61. The van der Waals surface area contributed by atoms with Gasteiger partial charge in [0.2, 0.25) is 0 Å². The van der Waals surface area contributed by atoms with Crippen LogP contribution >= 0.6 is 0 Å². The summed E-state index contributed by atoms with van der Waals surface area (Å²) in [6, 6.07) is 10.4. The quantitative estimate of drug-likeness (QED) is 0.832. The van der Waals surface area contributed by atoms with Crippen molar-refractivity contribution in [3.63, 3.8) is 0 Å². The number of rotatable bonds is 3. The van der Waals surface area contributed by atoms with Crippen molar-refractivity contribution in [2.24, 2.45) is 0 Å². The molecule has 8 nitrogen and oxygen atoms in total. The van der Waals surface area contributed by atoms with E-state index in [-0.39, 0.29) is 6.61 Å². The highest BCUT2D eigenvalue weighted by Crippen LogP contribution is 2.43. The summed E-state index contributed by atoms with van der Waals surface area (Å²) < 4.78 is 19.0. The number of hydrogen-bond donors (Lipinski definition) is 2. The minimum Gasteiger partial charge on any atom is -0.394 e. The van der Waals surface area contributed by atoms with E-state index in [1.54, 1.807) is 26.0 Å². The standard InChI is InChI=1S/C18H20N2O6/c1-18(2)25-14-12(9-21)24-16(15(14)26-18)20-11(8-13(22)19-17(20)23)10-6-4-3-5-7-10/h3-8,12,14-16,21H,9H2,1-2H3,(H,19,22,23)/t12-,14-,15-,16-/m1/s1. The molecule has 4 rings (SSSR count). The highest BCUT2D eigenvalue weighted by Gasteiger charge is 2.56. The van der Waals surface area contributed by atoms with Crippen LogP contribution in [-0.2, 0) is 14.2 Å². The lowest BCUT2D eigenvalue weighted by Gasteiger charge is -2.25. The first-order valence-corrected chi connectivity index (χ1v) is 8.43. The molecule has 0 spiro atoms.